The summed E-state index contributed by atoms with van der Waals surface area (Å²) in [5.41, 5.74) is 2.20. The van der Waals surface area contributed by atoms with E-state index in [0.29, 0.717) is 5.92 Å². The fourth-order valence-electron chi connectivity index (χ4n) is 2.54. The largest absolute Gasteiger partial charge is 0.460 e. The number of carbonyl (C=O) groups is 2. The molecule has 5 heteroatoms. The van der Waals surface area contributed by atoms with Crippen LogP contribution in [0.3, 0.4) is 0 Å². The van der Waals surface area contributed by atoms with Crippen molar-refractivity contribution in [2.24, 2.45) is 5.92 Å². The van der Waals surface area contributed by atoms with E-state index in [9.17, 15) is 9.59 Å². The minimum Gasteiger partial charge on any atom is -0.460 e. The fourth-order valence-corrected chi connectivity index (χ4v) is 2.54. The minimum atomic E-state index is -0.445. The predicted octanol–water partition coefficient (Wildman–Crippen LogP) is 2.31. The highest BCUT2D eigenvalue weighted by atomic mass is 16.5. The van der Waals surface area contributed by atoms with Gasteiger partial charge in [-0.05, 0) is 30.0 Å². The van der Waals surface area contributed by atoms with Crippen molar-refractivity contribution in [2.45, 2.75) is 20.0 Å². The Morgan fingerprint density at radius 1 is 0.923 bits per heavy atom. The molecule has 1 atom stereocenters. The number of ether oxygens (including phenoxy) is 1. The standard InChI is InChI=1S/C21H26N2O3/c1-17(12-18-8-4-2-5-9-18)13-22-14-20(24)23-15-21(25)26-16-19-10-6-3-7-11-19/h2-11,17,22H,12-16H2,1H3,(H,23,24). The van der Waals surface area contributed by atoms with E-state index >= 15 is 0 Å². The Balaban J connectivity index is 1.55. The molecular weight excluding hydrogens is 328 g/mol. The van der Waals surface area contributed by atoms with Gasteiger partial charge in [-0.3, -0.25) is 9.59 Å². The Morgan fingerprint density at radius 3 is 2.19 bits per heavy atom. The molecule has 0 spiro atoms. The number of hydrogen-bond donors (Lipinski definition) is 2. The average Bonchev–Trinajstić information content (AvgIpc) is 2.66. The number of carbonyl (C=O) groups excluding carboxylic acids is 2. The van der Waals surface area contributed by atoms with E-state index in [4.69, 9.17) is 4.74 Å². The molecule has 0 aliphatic heterocycles. The third kappa shape index (κ3) is 7.94. The zero-order valence-corrected chi connectivity index (χ0v) is 15.1. The van der Waals surface area contributed by atoms with Crippen LogP contribution in [-0.2, 0) is 27.4 Å². The van der Waals surface area contributed by atoms with Crippen LogP contribution in [0.4, 0.5) is 0 Å². The van der Waals surface area contributed by atoms with Crippen LogP contribution in [0, 0.1) is 5.92 Å². The van der Waals surface area contributed by atoms with Crippen molar-refractivity contribution in [2.75, 3.05) is 19.6 Å². The highest BCUT2D eigenvalue weighted by molar-refractivity contribution is 5.83. The highest BCUT2D eigenvalue weighted by Gasteiger charge is 2.08. The van der Waals surface area contributed by atoms with Gasteiger partial charge in [-0.25, -0.2) is 0 Å². The summed E-state index contributed by atoms with van der Waals surface area (Å²) in [5.74, 6) is -0.241. The smallest absolute Gasteiger partial charge is 0.325 e. The number of esters is 1. The van der Waals surface area contributed by atoms with Gasteiger partial charge in [-0.1, -0.05) is 67.6 Å². The summed E-state index contributed by atoms with van der Waals surface area (Å²) in [4.78, 5) is 23.4. The third-order valence-corrected chi connectivity index (χ3v) is 3.88. The lowest BCUT2D eigenvalue weighted by atomic mass is 10.0. The second kappa shape index (κ2) is 11.1. The molecule has 0 heterocycles. The first-order valence-electron chi connectivity index (χ1n) is 8.84. The number of nitrogens with one attached hydrogen (secondary N) is 2. The molecule has 2 N–H and O–H groups in total. The molecule has 0 radical (unpaired) electrons. The van der Waals surface area contributed by atoms with Crippen LogP contribution < -0.4 is 10.6 Å². The lowest BCUT2D eigenvalue weighted by Crippen LogP contribution is -2.38. The van der Waals surface area contributed by atoms with Crippen molar-refractivity contribution in [3.05, 3.63) is 71.8 Å². The van der Waals surface area contributed by atoms with Gasteiger partial charge in [0.1, 0.15) is 13.2 Å². The third-order valence-electron chi connectivity index (χ3n) is 3.88. The lowest BCUT2D eigenvalue weighted by molar-refractivity contribution is -0.145. The van der Waals surface area contributed by atoms with Crippen molar-refractivity contribution in [3.63, 3.8) is 0 Å². The summed E-state index contributed by atoms with van der Waals surface area (Å²) < 4.78 is 5.11. The minimum absolute atomic E-state index is 0.118. The Bertz CT molecular complexity index is 674. The Kier molecular flexibility index (Phi) is 8.36. The second-order valence-electron chi connectivity index (χ2n) is 6.35. The second-order valence-corrected chi connectivity index (χ2v) is 6.35. The van der Waals surface area contributed by atoms with Crippen molar-refractivity contribution in [3.8, 4) is 0 Å². The number of benzene rings is 2. The fraction of sp³-hybridized carbons (Fsp3) is 0.333. The van der Waals surface area contributed by atoms with Crippen molar-refractivity contribution < 1.29 is 14.3 Å². The SMILES string of the molecule is CC(CNCC(=O)NCC(=O)OCc1ccccc1)Cc1ccccc1. The topological polar surface area (TPSA) is 67.4 Å². The van der Waals surface area contributed by atoms with Crippen LogP contribution in [0.15, 0.2) is 60.7 Å². The molecule has 0 fully saturated rings. The van der Waals surface area contributed by atoms with Gasteiger partial charge in [0.15, 0.2) is 0 Å². The molecule has 5 nitrogen and oxygen atoms in total. The molecule has 0 saturated carbocycles. The van der Waals surface area contributed by atoms with Gasteiger partial charge in [0, 0.05) is 0 Å². The summed E-state index contributed by atoms with van der Waals surface area (Å²) in [7, 11) is 0. The maximum atomic E-state index is 11.8. The normalized spacial score (nSPS) is 11.6. The van der Waals surface area contributed by atoms with Crippen LogP contribution in [-0.4, -0.2) is 31.5 Å². The summed E-state index contributed by atoms with van der Waals surface area (Å²) >= 11 is 0. The first kappa shape index (κ1) is 19.7. The van der Waals surface area contributed by atoms with Gasteiger partial charge < -0.3 is 15.4 Å². The number of amides is 1. The van der Waals surface area contributed by atoms with Gasteiger partial charge in [0.2, 0.25) is 5.91 Å². The van der Waals surface area contributed by atoms with E-state index in [2.05, 4.69) is 29.7 Å². The van der Waals surface area contributed by atoms with Gasteiger partial charge in [-0.2, -0.15) is 0 Å². The van der Waals surface area contributed by atoms with E-state index < -0.39 is 5.97 Å². The zero-order chi connectivity index (χ0) is 18.6. The lowest BCUT2D eigenvalue weighted by Gasteiger charge is -2.12. The van der Waals surface area contributed by atoms with Gasteiger partial charge in [-0.15, -0.1) is 0 Å². The molecule has 0 aliphatic rings. The molecule has 2 aromatic carbocycles. The molecule has 0 aliphatic carbocycles. The Labute approximate surface area is 154 Å². The van der Waals surface area contributed by atoms with Crippen LogP contribution >= 0.6 is 0 Å². The van der Waals surface area contributed by atoms with Gasteiger partial charge in [0.05, 0.1) is 6.54 Å². The van der Waals surface area contributed by atoms with Crippen LogP contribution in [0.25, 0.3) is 0 Å². The molecule has 2 rings (SSSR count). The zero-order valence-electron chi connectivity index (χ0n) is 15.1. The van der Waals surface area contributed by atoms with Crippen LogP contribution in [0.1, 0.15) is 18.1 Å². The molecule has 0 bridgehead atoms. The van der Waals surface area contributed by atoms with E-state index in [0.717, 1.165) is 18.5 Å². The van der Waals surface area contributed by atoms with E-state index in [1.807, 2.05) is 48.5 Å². The van der Waals surface area contributed by atoms with Gasteiger partial charge >= 0.3 is 5.97 Å². The first-order valence-corrected chi connectivity index (χ1v) is 8.84. The molecule has 138 valence electrons. The predicted molar refractivity (Wildman–Crippen MR) is 101 cm³/mol. The number of hydrogen-bond acceptors (Lipinski definition) is 4. The van der Waals surface area contributed by atoms with E-state index in [1.165, 1.54) is 5.56 Å². The maximum absolute atomic E-state index is 11.8. The highest BCUT2D eigenvalue weighted by Crippen LogP contribution is 2.06. The molecule has 0 saturated heterocycles. The Morgan fingerprint density at radius 2 is 1.54 bits per heavy atom. The van der Waals surface area contributed by atoms with Crippen molar-refractivity contribution in [1.29, 1.82) is 0 Å². The van der Waals surface area contributed by atoms with Crippen molar-refractivity contribution in [1.82, 2.24) is 10.6 Å². The van der Waals surface area contributed by atoms with Crippen LogP contribution in [0.5, 0.6) is 0 Å². The quantitative estimate of drug-likeness (QED) is 0.643. The molecule has 1 unspecified atom stereocenters. The van der Waals surface area contributed by atoms with Gasteiger partial charge in [0.25, 0.3) is 0 Å². The summed E-state index contributed by atoms with van der Waals surface area (Å²) in [6.45, 7) is 3.16. The molecule has 0 aromatic heterocycles. The summed E-state index contributed by atoms with van der Waals surface area (Å²) in [6.07, 6.45) is 0.960. The molecular formula is C21H26N2O3. The first-order chi connectivity index (χ1) is 12.6. The average molecular weight is 354 g/mol. The molecule has 1 amide bonds. The van der Waals surface area contributed by atoms with Crippen LogP contribution in [0.2, 0.25) is 0 Å². The van der Waals surface area contributed by atoms with E-state index in [-0.39, 0.29) is 25.6 Å². The monoisotopic (exact) mass is 354 g/mol. The molecule has 26 heavy (non-hydrogen) atoms. The van der Waals surface area contributed by atoms with Crippen molar-refractivity contribution >= 4 is 11.9 Å². The number of rotatable bonds is 10. The summed E-state index contributed by atoms with van der Waals surface area (Å²) in [5, 5.41) is 5.69. The summed E-state index contributed by atoms with van der Waals surface area (Å²) in [6, 6.07) is 19.7. The van der Waals surface area contributed by atoms with E-state index in [1.54, 1.807) is 0 Å². The molecule has 2 aromatic rings. The maximum Gasteiger partial charge on any atom is 0.325 e. The Hall–Kier alpha value is -2.66.